The number of amides is 2. The quantitative estimate of drug-likeness (QED) is 0.676. The van der Waals surface area contributed by atoms with Crippen LogP contribution in [0, 0.1) is 17.2 Å². The molecule has 162 valence electrons. The second-order valence-electron chi connectivity index (χ2n) is 8.70. The number of carbonyl (C=O) groups is 1. The van der Waals surface area contributed by atoms with Crippen LogP contribution in [0.1, 0.15) is 43.2 Å². The number of likely N-dealkylation sites (tertiary alicyclic amines) is 1. The minimum absolute atomic E-state index is 0.167. The van der Waals surface area contributed by atoms with Crippen molar-refractivity contribution >= 4 is 23.3 Å². The summed E-state index contributed by atoms with van der Waals surface area (Å²) in [5, 5.41) is 15.8. The van der Waals surface area contributed by atoms with Gasteiger partial charge in [-0.15, -0.1) is 0 Å². The van der Waals surface area contributed by atoms with Gasteiger partial charge in [-0.2, -0.15) is 5.26 Å². The lowest BCUT2D eigenvalue weighted by Crippen LogP contribution is -2.52. The zero-order valence-corrected chi connectivity index (χ0v) is 18.4. The first-order chi connectivity index (χ1) is 15.1. The van der Waals surface area contributed by atoms with Crippen LogP contribution in [0.5, 0.6) is 0 Å². The average Bonchev–Trinajstić information content (AvgIpc) is 3.24. The number of nitrogens with zero attached hydrogens (tertiary/aromatic N) is 2. The van der Waals surface area contributed by atoms with Gasteiger partial charge in [0, 0.05) is 22.8 Å². The van der Waals surface area contributed by atoms with Gasteiger partial charge in [0.2, 0.25) is 0 Å². The Morgan fingerprint density at radius 2 is 1.74 bits per heavy atom. The maximum atomic E-state index is 12.5. The van der Waals surface area contributed by atoms with Crippen LogP contribution in [0.15, 0.2) is 48.5 Å². The fourth-order valence-corrected chi connectivity index (χ4v) is 5.08. The Hall–Kier alpha value is -2.55. The summed E-state index contributed by atoms with van der Waals surface area (Å²) in [4.78, 5) is 15.1. The molecule has 2 fully saturated rings. The molecule has 0 aromatic heterocycles. The molecule has 1 saturated carbocycles. The van der Waals surface area contributed by atoms with Gasteiger partial charge in [0.1, 0.15) is 0 Å². The predicted octanol–water partition coefficient (Wildman–Crippen LogP) is 5.21. The van der Waals surface area contributed by atoms with E-state index in [4.69, 9.17) is 16.9 Å². The first kappa shape index (κ1) is 21.7. The summed E-state index contributed by atoms with van der Waals surface area (Å²) >= 11 is 6.00. The third kappa shape index (κ3) is 5.78. The molecule has 0 unspecified atom stereocenters. The molecular weight excluding hydrogens is 408 g/mol. The number of urea groups is 1. The van der Waals surface area contributed by atoms with Crippen LogP contribution in [0.25, 0.3) is 0 Å². The zero-order chi connectivity index (χ0) is 21.6. The molecular formula is C25H29ClN4O. The molecule has 0 bridgehead atoms. The highest BCUT2D eigenvalue weighted by Gasteiger charge is 2.35. The van der Waals surface area contributed by atoms with Crippen molar-refractivity contribution in [3.05, 3.63) is 64.7 Å². The molecule has 0 radical (unpaired) electrons. The number of anilines is 1. The van der Waals surface area contributed by atoms with Crippen LogP contribution in [-0.4, -0.2) is 36.1 Å². The largest absolute Gasteiger partial charge is 0.334 e. The Morgan fingerprint density at radius 1 is 1.03 bits per heavy atom. The van der Waals surface area contributed by atoms with Gasteiger partial charge in [-0.05, 0) is 99.5 Å². The maximum absolute atomic E-state index is 12.5. The van der Waals surface area contributed by atoms with E-state index in [1.807, 2.05) is 12.1 Å². The highest BCUT2D eigenvalue weighted by Crippen LogP contribution is 2.30. The Labute approximate surface area is 189 Å². The monoisotopic (exact) mass is 436 g/mol. The number of piperidine rings is 1. The van der Waals surface area contributed by atoms with Crippen molar-refractivity contribution < 1.29 is 4.79 Å². The predicted molar refractivity (Wildman–Crippen MR) is 124 cm³/mol. The SMILES string of the molecule is N#Cc1ccc(NC(=O)N[C@@H]2CCC[C@H]2N2CCC(Cc3ccc(Cl)cc3)CC2)cc1. The molecule has 1 heterocycles. The number of halogens is 1. The first-order valence-electron chi connectivity index (χ1n) is 11.2. The highest BCUT2D eigenvalue weighted by molar-refractivity contribution is 6.30. The van der Waals surface area contributed by atoms with Crippen LogP contribution < -0.4 is 10.6 Å². The van der Waals surface area contributed by atoms with E-state index in [9.17, 15) is 4.79 Å². The van der Waals surface area contributed by atoms with E-state index in [1.54, 1.807) is 24.3 Å². The highest BCUT2D eigenvalue weighted by atomic mass is 35.5. The van der Waals surface area contributed by atoms with Gasteiger partial charge in [-0.25, -0.2) is 4.79 Å². The van der Waals surface area contributed by atoms with Gasteiger partial charge >= 0.3 is 6.03 Å². The van der Waals surface area contributed by atoms with Crippen LogP contribution in [0.3, 0.4) is 0 Å². The van der Waals surface area contributed by atoms with E-state index in [0.717, 1.165) is 43.8 Å². The van der Waals surface area contributed by atoms with Crippen molar-refractivity contribution in [2.75, 3.05) is 18.4 Å². The van der Waals surface area contributed by atoms with Crippen molar-refractivity contribution in [1.29, 1.82) is 5.26 Å². The van der Waals surface area contributed by atoms with Crippen LogP contribution >= 0.6 is 11.6 Å². The van der Waals surface area contributed by atoms with E-state index >= 15 is 0 Å². The summed E-state index contributed by atoms with van der Waals surface area (Å²) in [7, 11) is 0. The van der Waals surface area contributed by atoms with E-state index in [2.05, 4.69) is 33.7 Å². The van der Waals surface area contributed by atoms with Crippen molar-refractivity contribution in [1.82, 2.24) is 10.2 Å². The smallest absolute Gasteiger partial charge is 0.319 e. The number of hydrogen-bond donors (Lipinski definition) is 2. The summed E-state index contributed by atoms with van der Waals surface area (Å²) in [6.07, 6.45) is 6.83. The fourth-order valence-electron chi connectivity index (χ4n) is 4.95. The summed E-state index contributed by atoms with van der Waals surface area (Å²) in [5.41, 5.74) is 2.65. The van der Waals surface area contributed by atoms with Gasteiger partial charge in [-0.1, -0.05) is 23.7 Å². The second-order valence-corrected chi connectivity index (χ2v) is 9.14. The number of rotatable bonds is 5. The number of nitriles is 1. The Bertz CT molecular complexity index is 914. The molecule has 1 aliphatic heterocycles. The Balaban J connectivity index is 1.26. The molecule has 31 heavy (non-hydrogen) atoms. The molecule has 2 aliphatic rings. The van der Waals surface area contributed by atoms with Gasteiger partial charge in [0.05, 0.1) is 11.6 Å². The first-order valence-corrected chi connectivity index (χ1v) is 11.5. The van der Waals surface area contributed by atoms with Crippen molar-refractivity contribution in [3.63, 3.8) is 0 Å². The van der Waals surface area contributed by atoms with E-state index in [-0.39, 0.29) is 12.1 Å². The maximum Gasteiger partial charge on any atom is 0.319 e. The molecule has 2 aromatic rings. The molecule has 2 N–H and O–H groups in total. The molecule has 6 heteroatoms. The van der Waals surface area contributed by atoms with Gasteiger partial charge in [0.15, 0.2) is 0 Å². The number of nitrogens with one attached hydrogen (secondary N) is 2. The third-order valence-corrected chi connectivity index (χ3v) is 6.88. The molecule has 4 rings (SSSR count). The standard InChI is InChI=1S/C25H29ClN4O/c26-21-8-4-18(5-9-21)16-19-12-14-30(15-13-19)24-3-1-2-23(24)29-25(31)28-22-10-6-20(17-27)7-11-22/h4-11,19,23-24H,1-3,12-16H2,(H2,28,29,31)/t23-,24-/m1/s1. The van der Waals surface area contributed by atoms with E-state index in [1.165, 1.54) is 18.4 Å². The molecule has 1 aliphatic carbocycles. The second kappa shape index (κ2) is 10.2. The average molecular weight is 437 g/mol. The van der Waals surface area contributed by atoms with Crippen LogP contribution in [-0.2, 0) is 6.42 Å². The summed E-state index contributed by atoms with van der Waals surface area (Å²) in [5.74, 6) is 0.713. The molecule has 5 nitrogen and oxygen atoms in total. The van der Waals surface area contributed by atoms with Gasteiger partial charge in [0.25, 0.3) is 0 Å². The molecule has 2 aromatic carbocycles. The Morgan fingerprint density at radius 3 is 2.42 bits per heavy atom. The molecule has 1 saturated heterocycles. The number of hydrogen-bond acceptors (Lipinski definition) is 3. The molecule has 2 atom stereocenters. The summed E-state index contributed by atoms with van der Waals surface area (Å²) in [6.45, 7) is 2.19. The third-order valence-electron chi connectivity index (χ3n) is 6.62. The summed E-state index contributed by atoms with van der Waals surface area (Å²) < 4.78 is 0. The molecule has 2 amide bonds. The van der Waals surface area contributed by atoms with Crippen molar-refractivity contribution in [3.8, 4) is 6.07 Å². The van der Waals surface area contributed by atoms with Gasteiger partial charge in [-0.3, -0.25) is 4.90 Å². The topological polar surface area (TPSA) is 68.2 Å². The zero-order valence-electron chi connectivity index (χ0n) is 17.7. The normalized spacial score (nSPS) is 22.1. The lowest BCUT2D eigenvalue weighted by atomic mass is 9.89. The minimum atomic E-state index is -0.167. The van der Waals surface area contributed by atoms with Crippen molar-refractivity contribution in [2.24, 2.45) is 5.92 Å². The number of carbonyl (C=O) groups excluding carboxylic acids is 1. The summed E-state index contributed by atoms with van der Waals surface area (Å²) in [6, 6.07) is 17.7. The van der Waals surface area contributed by atoms with Crippen LogP contribution in [0.4, 0.5) is 10.5 Å². The van der Waals surface area contributed by atoms with Gasteiger partial charge < -0.3 is 10.6 Å². The van der Waals surface area contributed by atoms with Crippen molar-refractivity contribution in [2.45, 2.75) is 50.6 Å². The minimum Gasteiger partial charge on any atom is -0.334 e. The number of benzene rings is 2. The lowest BCUT2D eigenvalue weighted by Gasteiger charge is -2.38. The Kier molecular flexibility index (Phi) is 7.11. The fraction of sp³-hybridized carbons (Fsp3) is 0.440. The lowest BCUT2D eigenvalue weighted by molar-refractivity contribution is 0.119. The molecule has 0 spiro atoms. The van der Waals surface area contributed by atoms with E-state index in [0.29, 0.717) is 23.2 Å². The van der Waals surface area contributed by atoms with Crippen LogP contribution in [0.2, 0.25) is 5.02 Å². The van der Waals surface area contributed by atoms with E-state index < -0.39 is 0 Å².